The highest BCUT2D eigenvalue weighted by atomic mass is 16.4. The highest BCUT2D eigenvalue weighted by Crippen LogP contribution is 2.39. The number of carboxylic acids is 1. The molecule has 1 aromatic rings. The van der Waals surface area contributed by atoms with Crippen LogP contribution in [-0.4, -0.2) is 11.1 Å². The summed E-state index contributed by atoms with van der Waals surface area (Å²) in [6.07, 6.45) is 0.0469. The highest BCUT2D eigenvalue weighted by molar-refractivity contribution is 5.92. The Morgan fingerprint density at radius 3 is 2.62 bits per heavy atom. The summed E-state index contributed by atoms with van der Waals surface area (Å²) in [4.78, 5) is 10.8. The average molecular weight is 216 g/mol. The normalized spacial score (nSPS) is 13.7. The van der Waals surface area contributed by atoms with Crippen molar-refractivity contribution in [2.45, 2.75) is 27.2 Å². The van der Waals surface area contributed by atoms with E-state index < -0.39 is 5.97 Å². The molecule has 0 aromatic heterocycles. The Morgan fingerprint density at radius 2 is 2.00 bits per heavy atom. The van der Waals surface area contributed by atoms with Gasteiger partial charge in [0.15, 0.2) is 0 Å². The van der Waals surface area contributed by atoms with Gasteiger partial charge >= 0.3 is 5.97 Å². The molecule has 16 heavy (non-hydrogen) atoms. The number of hydrogen-bond donors (Lipinski definition) is 1. The summed E-state index contributed by atoms with van der Waals surface area (Å²) in [6.45, 7) is 5.89. The van der Waals surface area contributed by atoms with Crippen molar-refractivity contribution in [2.75, 3.05) is 0 Å². The van der Waals surface area contributed by atoms with Crippen molar-refractivity contribution in [1.29, 1.82) is 0 Å². The van der Waals surface area contributed by atoms with E-state index in [-0.39, 0.29) is 6.42 Å². The number of rotatable bonds is 2. The van der Waals surface area contributed by atoms with Crippen LogP contribution in [0.25, 0.3) is 5.57 Å². The molecule has 0 aliphatic carbocycles. The maximum atomic E-state index is 10.8. The van der Waals surface area contributed by atoms with Crippen LogP contribution in [0.3, 0.4) is 0 Å². The van der Waals surface area contributed by atoms with Gasteiger partial charge in [0.05, 0.1) is 12.1 Å². The molecule has 1 N–H and O–H groups in total. The van der Waals surface area contributed by atoms with Gasteiger partial charge in [0.2, 0.25) is 0 Å². The fourth-order valence-electron chi connectivity index (χ4n) is 2.14. The number of hydrogen-bond acceptors (Lipinski definition) is 1. The fraction of sp³-hybridized carbons (Fsp3) is 0.308. The van der Waals surface area contributed by atoms with Gasteiger partial charge < -0.3 is 5.11 Å². The highest BCUT2D eigenvalue weighted by Gasteiger charge is 2.23. The van der Waals surface area contributed by atoms with Crippen LogP contribution in [0.5, 0.6) is 0 Å². The number of aliphatic carboxylic acids is 1. The van der Waals surface area contributed by atoms with Crippen LogP contribution in [0.4, 0.5) is 5.69 Å². The molecule has 3 heteroatoms. The molecule has 1 heterocycles. The monoisotopic (exact) mass is 216 g/mol. The van der Waals surface area contributed by atoms with Gasteiger partial charge in [-0.15, -0.1) is 0 Å². The molecule has 1 aromatic carbocycles. The van der Waals surface area contributed by atoms with Crippen molar-refractivity contribution < 1.29 is 9.90 Å². The third-order valence-electron chi connectivity index (χ3n) is 2.81. The number of carboxylic acid groups (broad SMARTS) is 1. The predicted molar refractivity (Wildman–Crippen MR) is 62.6 cm³/mol. The number of benzene rings is 1. The third kappa shape index (κ3) is 1.69. The molecule has 1 radical (unpaired) electrons. The Kier molecular flexibility index (Phi) is 2.46. The van der Waals surface area contributed by atoms with E-state index in [9.17, 15) is 4.79 Å². The molecule has 0 bridgehead atoms. The molecular formula is C13H14NO2. The lowest BCUT2D eigenvalue weighted by molar-refractivity contribution is -0.135. The first kappa shape index (κ1) is 10.7. The molecule has 0 amide bonds. The molecule has 0 saturated carbocycles. The minimum atomic E-state index is -0.809. The van der Waals surface area contributed by atoms with Gasteiger partial charge in [-0.3, -0.25) is 10.1 Å². The van der Waals surface area contributed by atoms with Crippen molar-refractivity contribution in [1.82, 2.24) is 5.32 Å². The summed E-state index contributed by atoms with van der Waals surface area (Å²) < 4.78 is 0. The molecular weight excluding hydrogens is 202 g/mol. The molecule has 2 rings (SSSR count). The molecule has 1 aliphatic rings. The molecule has 1 aliphatic heterocycles. The van der Waals surface area contributed by atoms with Crippen molar-refractivity contribution in [3.05, 3.63) is 34.5 Å². The Hall–Kier alpha value is -1.77. The molecule has 0 atom stereocenters. The number of carbonyl (C=O) groups is 1. The second-order valence-corrected chi connectivity index (χ2v) is 4.22. The molecule has 83 valence electrons. The largest absolute Gasteiger partial charge is 0.481 e. The van der Waals surface area contributed by atoms with Crippen LogP contribution < -0.4 is 5.32 Å². The zero-order chi connectivity index (χ0) is 11.9. The summed E-state index contributed by atoms with van der Waals surface area (Å²) >= 11 is 0. The van der Waals surface area contributed by atoms with E-state index in [0.717, 1.165) is 33.6 Å². The van der Waals surface area contributed by atoms with Crippen LogP contribution >= 0.6 is 0 Å². The first-order valence-electron chi connectivity index (χ1n) is 5.24. The van der Waals surface area contributed by atoms with Crippen molar-refractivity contribution in [2.24, 2.45) is 0 Å². The first-order chi connectivity index (χ1) is 7.49. The van der Waals surface area contributed by atoms with E-state index in [4.69, 9.17) is 5.11 Å². The molecule has 0 spiro atoms. The van der Waals surface area contributed by atoms with Crippen LogP contribution in [0.2, 0.25) is 0 Å². The molecule has 0 saturated heterocycles. The maximum Gasteiger partial charge on any atom is 0.307 e. The maximum absolute atomic E-state index is 10.8. The number of aryl methyl sites for hydroxylation is 2. The van der Waals surface area contributed by atoms with Gasteiger partial charge in [-0.05, 0) is 38.0 Å². The number of fused-ring (bicyclic) bond motifs is 1. The van der Waals surface area contributed by atoms with Crippen LogP contribution in [0, 0.1) is 13.8 Å². The second-order valence-electron chi connectivity index (χ2n) is 4.22. The Balaban J connectivity index is 2.52. The molecule has 3 nitrogen and oxygen atoms in total. The Bertz CT molecular complexity index is 501. The van der Waals surface area contributed by atoms with E-state index >= 15 is 0 Å². The van der Waals surface area contributed by atoms with Crippen LogP contribution in [0.1, 0.15) is 30.0 Å². The summed E-state index contributed by atoms with van der Waals surface area (Å²) in [6, 6.07) is 4.08. The van der Waals surface area contributed by atoms with Gasteiger partial charge in [0, 0.05) is 11.3 Å². The number of allylic oxidation sites excluding steroid dienone is 1. The van der Waals surface area contributed by atoms with Crippen molar-refractivity contribution in [3.63, 3.8) is 0 Å². The van der Waals surface area contributed by atoms with E-state index in [1.165, 1.54) is 0 Å². The quantitative estimate of drug-likeness (QED) is 0.826. The zero-order valence-corrected chi connectivity index (χ0v) is 9.66. The SMILES string of the molecule is CC1=C(CC(=O)O)c2cc(C)cc(C)c2[N]1. The van der Waals surface area contributed by atoms with E-state index in [2.05, 4.69) is 11.4 Å². The van der Waals surface area contributed by atoms with Gasteiger partial charge in [0.25, 0.3) is 0 Å². The standard InChI is InChI=1S/C13H14NO2/c1-7-4-8(2)13-11(5-7)10(6-12(15)16)9(3)14-13/h4-5H,6H2,1-3H3,(H,15,16). The predicted octanol–water partition coefficient (Wildman–Crippen LogP) is 2.76. The smallest absolute Gasteiger partial charge is 0.307 e. The van der Waals surface area contributed by atoms with Crippen molar-refractivity contribution >= 4 is 17.2 Å². The molecule has 0 fully saturated rings. The van der Waals surface area contributed by atoms with Gasteiger partial charge in [-0.25, -0.2) is 0 Å². The van der Waals surface area contributed by atoms with Crippen LogP contribution in [0.15, 0.2) is 17.8 Å². The summed E-state index contributed by atoms with van der Waals surface area (Å²) in [5.41, 5.74) is 5.83. The zero-order valence-electron chi connectivity index (χ0n) is 9.66. The topological polar surface area (TPSA) is 51.4 Å². The first-order valence-corrected chi connectivity index (χ1v) is 5.24. The minimum Gasteiger partial charge on any atom is -0.481 e. The lowest BCUT2D eigenvalue weighted by atomic mass is 9.98. The van der Waals surface area contributed by atoms with E-state index in [1.54, 1.807) is 0 Å². The van der Waals surface area contributed by atoms with Crippen molar-refractivity contribution in [3.8, 4) is 0 Å². The van der Waals surface area contributed by atoms with E-state index in [1.807, 2.05) is 26.8 Å². The summed E-state index contributed by atoms with van der Waals surface area (Å²) in [7, 11) is 0. The van der Waals surface area contributed by atoms with E-state index in [0.29, 0.717) is 0 Å². The number of nitrogens with zero attached hydrogens (tertiary/aromatic N) is 1. The fourth-order valence-corrected chi connectivity index (χ4v) is 2.14. The average Bonchev–Trinajstić information content (AvgIpc) is 2.45. The Morgan fingerprint density at radius 1 is 1.31 bits per heavy atom. The van der Waals surface area contributed by atoms with Gasteiger partial charge in [-0.2, -0.15) is 0 Å². The third-order valence-corrected chi connectivity index (χ3v) is 2.81. The van der Waals surface area contributed by atoms with Crippen LogP contribution in [-0.2, 0) is 4.79 Å². The molecule has 0 unspecified atom stereocenters. The van der Waals surface area contributed by atoms with Gasteiger partial charge in [-0.1, -0.05) is 11.6 Å². The van der Waals surface area contributed by atoms with Gasteiger partial charge in [0.1, 0.15) is 0 Å². The summed E-state index contributed by atoms with van der Waals surface area (Å²) in [5, 5.41) is 13.3. The minimum absolute atomic E-state index is 0.0469. The lowest BCUT2D eigenvalue weighted by Gasteiger charge is -2.06. The second kappa shape index (κ2) is 3.67. The summed E-state index contributed by atoms with van der Waals surface area (Å²) in [5.74, 6) is -0.809. The lowest BCUT2D eigenvalue weighted by Crippen LogP contribution is -1.97. The Labute approximate surface area is 94.8 Å².